The van der Waals surface area contributed by atoms with Gasteiger partial charge in [0.1, 0.15) is 0 Å². The highest BCUT2D eigenvalue weighted by molar-refractivity contribution is 6.14. The van der Waals surface area contributed by atoms with Crippen LogP contribution in [0.25, 0.3) is 82.5 Å². The number of hydrogen-bond acceptors (Lipinski definition) is 1. The van der Waals surface area contributed by atoms with Crippen LogP contribution in [0.1, 0.15) is 38.9 Å². The molecule has 10 rings (SSSR count). The minimum absolute atomic E-state index is 0.606. The molecule has 0 aliphatic heterocycles. The van der Waals surface area contributed by atoms with Crippen LogP contribution in [0.2, 0.25) is 0 Å². The Balaban J connectivity index is 1.49. The summed E-state index contributed by atoms with van der Waals surface area (Å²) in [6.07, 6.45) is 0. The molecule has 0 N–H and O–H groups in total. The maximum atomic E-state index is 10.8. The summed E-state index contributed by atoms with van der Waals surface area (Å²) in [5, 5.41) is 18.1. The van der Waals surface area contributed by atoms with Crippen molar-refractivity contribution in [3.05, 3.63) is 160 Å². The summed E-state index contributed by atoms with van der Waals surface area (Å²) < 4.78 is 7.24. The third-order valence-electron chi connectivity index (χ3n) is 11.1. The lowest BCUT2D eigenvalue weighted by molar-refractivity contribution is 1.05. The number of nitrogens with zero attached hydrogens (tertiary/aromatic N) is 4. The summed E-state index contributed by atoms with van der Waals surface area (Å²) in [6.45, 7) is 13.0. The number of aryl methyl sites for hydroxylation is 6. The lowest BCUT2D eigenvalue weighted by Crippen LogP contribution is -2.10. The Morgan fingerprint density at radius 3 is 0.830 bits per heavy atom. The molecule has 4 nitrogen and oxygen atoms in total. The lowest BCUT2D eigenvalue weighted by Gasteiger charge is -2.22. The van der Waals surface area contributed by atoms with E-state index in [2.05, 4.69) is 183 Å². The van der Waals surface area contributed by atoms with Crippen molar-refractivity contribution in [3.8, 4) is 23.1 Å². The normalized spacial score (nSPS) is 11.9. The van der Waals surface area contributed by atoms with E-state index < -0.39 is 0 Å². The predicted octanol–water partition coefficient (Wildman–Crippen LogP) is 12.7. The van der Waals surface area contributed by atoms with E-state index in [0.717, 1.165) is 50.2 Å². The Morgan fingerprint density at radius 2 is 0.585 bits per heavy atom. The van der Waals surface area contributed by atoms with Gasteiger partial charge in [-0.3, -0.25) is 0 Å². The number of nitriles is 1. The Bertz CT molecular complexity index is 2920. The second kappa shape index (κ2) is 11.2. The molecule has 0 saturated carbocycles. The first-order valence-corrected chi connectivity index (χ1v) is 18.3. The van der Waals surface area contributed by atoms with Crippen LogP contribution < -0.4 is 0 Å². The van der Waals surface area contributed by atoms with Gasteiger partial charge >= 0.3 is 0 Å². The summed E-state index contributed by atoms with van der Waals surface area (Å²) in [5.41, 5.74) is 17.6. The monoisotopic (exact) mass is 682 g/mol. The average Bonchev–Trinajstić information content (AvgIpc) is 3.75. The molecule has 3 heterocycles. The third-order valence-corrected chi connectivity index (χ3v) is 11.1. The Labute approximate surface area is 308 Å². The smallest absolute Gasteiger partial charge is 0.0993 e. The molecule has 0 saturated heterocycles. The Morgan fingerprint density at radius 1 is 0.340 bits per heavy atom. The number of aromatic nitrogens is 3. The summed E-state index contributed by atoms with van der Waals surface area (Å²) >= 11 is 0. The van der Waals surface area contributed by atoms with E-state index >= 15 is 0 Å². The molecule has 0 spiro atoms. The quantitative estimate of drug-likeness (QED) is 0.183. The fraction of sp³-hybridized carbons (Fsp3) is 0.122. The maximum Gasteiger partial charge on any atom is 0.0993 e. The molecule has 7 aromatic carbocycles. The molecule has 0 bridgehead atoms. The van der Waals surface area contributed by atoms with E-state index in [1.807, 2.05) is 0 Å². The van der Waals surface area contributed by atoms with Crippen LogP contribution in [-0.2, 0) is 0 Å². The number of fused-ring (bicyclic) bond motifs is 9. The van der Waals surface area contributed by atoms with Crippen LogP contribution in [0.5, 0.6) is 0 Å². The van der Waals surface area contributed by atoms with Crippen molar-refractivity contribution in [2.75, 3.05) is 0 Å². The average molecular weight is 683 g/mol. The zero-order valence-corrected chi connectivity index (χ0v) is 30.8. The van der Waals surface area contributed by atoms with Crippen molar-refractivity contribution in [2.24, 2.45) is 0 Å². The molecule has 0 aliphatic rings. The second-order valence-corrected chi connectivity index (χ2v) is 15.1. The molecule has 0 fully saturated rings. The van der Waals surface area contributed by atoms with Crippen molar-refractivity contribution in [1.29, 1.82) is 5.26 Å². The molecule has 4 heteroatoms. The number of hydrogen-bond donors (Lipinski definition) is 0. The van der Waals surface area contributed by atoms with Gasteiger partial charge < -0.3 is 13.7 Å². The first kappa shape index (κ1) is 31.2. The molecule has 53 heavy (non-hydrogen) atoms. The largest absolute Gasteiger partial charge is 0.307 e. The molecule has 0 unspecified atom stereocenters. The Kier molecular flexibility index (Phi) is 6.60. The van der Waals surface area contributed by atoms with Gasteiger partial charge in [-0.15, -0.1) is 0 Å². The predicted molar refractivity (Wildman–Crippen MR) is 223 cm³/mol. The van der Waals surface area contributed by atoms with Crippen LogP contribution in [-0.4, -0.2) is 13.7 Å². The SMILES string of the molecule is Cc1ccc2c(c1)c1cc(C)ccc1n2-c1cc(C#N)cc(-n2c3ccc(C)cc3c3cc(C)ccc32)c1-n1c2ccc(C)cc2c2cc(C)ccc21. The van der Waals surface area contributed by atoms with Gasteiger partial charge in [0.15, 0.2) is 0 Å². The van der Waals surface area contributed by atoms with Gasteiger partial charge in [0.25, 0.3) is 0 Å². The minimum atomic E-state index is 0.606. The second-order valence-electron chi connectivity index (χ2n) is 15.1. The fourth-order valence-corrected chi connectivity index (χ4v) is 8.75. The van der Waals surface area contributed by atoms with Crippen molar-refractivity contribution in [1.82, 2.24) is 13.7 Å². The van der Waals surface area contributed by atoms with Gasteiger partial charge in [0.2, 0.25) is 0 Å². The van der Waals surface area contributed by atoms with E-state index in [9.17, 15) is 5.26 Å². The van der Waals surface area contributed by atoms with Gasteiger partial charge in [0, 0.05) is 32.3 Å². The van der Waals surface area contributed by atoms with Crippen LogP contribution in [0.3, 0.4) is 0 Å². The zero-order valence-electron chi connectivity index (χ0n) is 30.8. The van der Waals surface area contributed by atoms with Crippen molar-refractivity contribution >= 4 is 65.4 Å². The summed E-state index contributed by atoms with van der Waals surface area (Å²) in [4.78, 5) is 0. The molecular weight excluding hydrogens is 645 g/mol. The molecule has 0 aliphatic carbocycles. The highest BCUT2D eigenvalue weighted by Gasteiger charge is 2.26. The van der Waals surface area contributed by atoms with Crippen LogP contribution >= 0.6 is 0 Å². The maximum absolute atomic E-state index is 10.8. The zero-order chi connectivity index (χ0) is 36.3. The topological polar surface area (TPSA) is 38.6 Å². The van der Waals surface area contributed by atoms with Crippen LogP contribution in [0, 0.1) is 52.9 Å². The summed E-state index contributed by atoms with van der Waals surface area (Å²) in [6, 6.07) is 47.3. The molecule has 10 aromatic rings. The molecule has 254 valence electrons. The van der Waals surface area contributed by atoms with Crippen molar-refractivity contribution in [2.45, 2.75) is 41.5 Å². The highest BCUT2D eigenvalue weighted by Crippen LogP contribution is 2.44. The Hall–Kier alpha value is -6.57. The summed E-state index contributed by atoms with van der Waals surface area (Å²) in [5.74, 6) is 0. The van der Waals surface area contributed by atoms with Crippen molar-refractivity contribution < 1.29 is 0 Å². The summed E-state index contributed by atoms with van der Waals surface area (Å²) in [7, 11) is 0. The molecule has 0 amide bonds. The number of benzene rings is 7. The highest BCUT2D eigenvalue weighted by atomic mass is 15.1. The fourth-order valence-electron chi connectivity index (χ4n) is 8.75. The van der Waals surface area contributed by atoms with Gasteiger partial charge in [0.05, 0.1) is 61.8 Å². The first-order valence-electron chi connectivity index (χ1n) is 18.3. The molecular formula is C49H38N4. The van der Waals surface area contributed by atoms with Gasteiger partial charge in [-0.2, -0.15) is 5.26 Å². The standard InChI is InChI=1S/C49H38N4/c1-28-7-13-41-35(19-28)36-20-29(2)8-14-42(36)51(41)47-25-34(27-50)26-48(52-43-15-9-30(3)21-37(43)38-22-31(4)10-16-44(38)52)49(47)53-45-17-11-32(5)23-39(45)40-24-33(6)12-18-46(40)53/h7-26H,1-6H3. The van der Waals surface area contributed by atoms with Crippen LogP contribution in [0.4, 0.5) is 0 Å². The third kappa shape index (κ3) is 4.54. The van der Waals surface area contributed by atoms with Gasteiger partial charge in [-0.1, -0.05) is 69.8 Å². The van der Waals surface area contributed by atoms with E-state index in [-0.39, 0.29) is 0 Å². The molecule has 0 atom stereocenters. The lowest BCUT2D eigenvalue weighted by atomic mass is 10.1. The van der Waals surface area contributed by atoms with Gasteiger partial charge in [-0.05, 0) is 126 Å². The van der Waals surface area contributed by atoms with E-state index in [1.54, 1.807) is 0 Å². The number of rotatable bonds is 3. The minimum Gasteiger partial charge on any atom is -0.307 e. The first-order chi connectivity index (χ1) is 25.7. The molecule has 0 radical (unpaired) electrons. The van der Waals surface area contributed by atoms with E-state index in [1.165, 1.54) is 65.7 Å². The van der Waals surface area contributed by atoms with E-state index in [4.69, 9.17) is 0 Å². The van der Waals surface area contributed by atoms with Gasteiger partial charge in [-0.25, -0.2) is 0 Å². The van der Waals surface area contributed by atoms with Crippen LogP contribution in [0.15, 0.2) is 121 Å². The molecule has 3 aromatic heterocycles. The van der Waals surface area contributed by atoms with Crippen molar-refractivity contribution in [3.63, 3.8) is 0 Å². The van der Waals surface area contributed by atoms with E-state index in [0.29, 0.717) is 5.56 Å².